The predicted octanol–water partition coefficient (Wildman–Crippen LogP) is 4.55. The molecule has 1 aliphatic rings. The largest absolute Gasteiger partial charge is 1.00 e. The number of hydrogen-bond acceptors (Lipinski definition) is 4. The first-order valence-corrected chi connectivity index (χ1v) is 14.3. The molecule has 0 saturated heterocycles. The number of aromatic hydroxyl groups is 1. The summed E-state index contributed by atoms with van der Waals surface area (Å²) in [7, 11) is 1.71. The molecule has 5 nitrogen and oxygen atoms in total. The third-order valence-corrected chi connectivity index (χ3v) is 7.32. The van der Waals surface area contributed by atoms with E-state index < -0.39 is 0 Å². The van der Waals surface area contributed by atoms with Gasteiger partial charge in [-0.2, -0.15) is 4.57 Å². The van der Waals surface area contributed by atoms with E-state index in [4.69, 9.17) is 14.2 Å². The van der Waals surface area contributed by atoms with Crippen LogP contribution in [0.5, 0.6) is 23.0 Å². The molecule has 4 rings (SSSR count). The molecule has 1 aliphatic heterocycles. The Balaban J connectivity index is 0.00000400. The Hall–Kier alpha value is -2.66. The number of phenolic OH excluding ortho intramolecular Hbond substituents is 1. The van der Waals surface area contributed by atoms with Crippen LogP contribution in [0.4, 0.5) is 0 Å². The highest BCUT2D eigenvalue weighted by atomic mass is 35.5. The number of pyridine rings is 1. The number of ether oxygens (including phenoxy) is 3. The lowest BCUT2D eigenvalue weighted by molar-refractivity contribution is -0.686. The number of nitrogens with zero attached hydrogens (tertiary/aromatic N) is 1. The van der Waals surface area contributed by atoms with Gasteiger partial charge in [-0.1, -0.05) is 52.9 Å². The summed E-state index contributed by atoms with van der Waals surface area (Å²) in [4.78, 5) is 0. The molecule has 0 radical (unpaired) electrons. The standard InChI is InChI=1S/C32H43NO4.ClH/c1-5-8-9-10-11-12-13-25-24-14-15-29(35-4)32(37-19-7-3)27(24)22-33-17-16-23-20-30(36-18-6-2)28(34)21-26(23)31(25)33;/h14-15,20-22H,5-13,16-19H2,1-4H3;1H. The minimum Gasteiger partial charge on any atom is -1.00 e. The van der Waals surface area contributed by atoms with E-state index in [9.17, 15) is 5.11 Å². The van der Waals surface area contributed by atoms with E-state index in [0.29, 0.717) is 19.0 Å². The van der Waals surface area contributed by atoms with Crippen molar-refractivity contribution in [2.75, 3.05) is 20.3 Å². The maximum Gasteiger partial charge on any atom is 0.216 e. The van der Waals surface area contributed by atoms with Crippen molar-refractivity contribution in [1.29, 1.82) is 0 Å². The Bertz CT molecular complexity index is 1210. The highest BCUT2D eigenvalue weighted by Gasteiger charge is 2.31. The third-order valence-electron chi connectivity index (χ3n) is 7.32. The van der Waals surface area contributed by atoms with Gasteiger partial charge < -0.3 is 31.7 Å². The molecular formula is C32H44ClNO4. The average Bonchev–Trinajstić information content (AvgIpc) is 2.91. The number of methoxy groups -OCH3 is 1. The Labute approximate surface area is 234 Å². The fraction of sp³-hybridized carbons (Fsp3) is 0.531. The molecule has 3 aromatic rings. The van der Waals surface area contributed by atoms with Gasteiger partial charge in [0.05, 0.1) is 31.3 Å². The van der Waals surface area contributed by atoms with Crippen LogP contribution in [0.25, 0.3) is 22.0 Å². The second-order valence-electron chi connectivity index (χ2n) is 10.1. The molecule has 2 aromatic carbocycles. The smallest absolute Gasteiger partial charge is 0.216 e. The zero-order chi connectivity index (χ0) is 26.2. The van der Waals surface area contributed by atoms with Gasteiger partial charge in [0.25, 0.3) is 0 Å². The highest BCUT2D eigenvalue weighted by molar-refractivity contribution is 5.95. The second-order valence-corrected chi connectivity index (χ2v) is 10.1. The second kappa shape index (κ2) is 14.5. The topological polar surface area (TPSA) is 51.8 Å². The normalized spacial score (nSPS) is 12.0. The first-order chi connectivity index (χ1) is 18.1. The minimum atomic E-state index is 0. The molecule has 6 heteroatoms. The van der Waals surface area contributed by atoms with Crippen molar-refractivity contribution in [1.82, 2.24) is 0 Å². The molecule has 0 bridgehead atoms. The number of benzene rings is 2. The van der Waals surface area contributed by atoms with Crippen molar-refractivity contribution in [2.24, 2.45) is 0 Å². The zero-order valence-corrected chi connectivity index (χ0v) is 24.3. The van der Waals surface area contributed by atoms with Crippen molar-refractivity contribution in [3.05, 3.63) is 41.6 Å². The zero-order valence-electron chi connectivity index (χ0n) is 23.6. The molecule has 1 aromatic heterocycles. The molecule has 0 atom stereocenters. The fourth-order valence-corrected chi connectivity index (χ4v) is 5.44. The summed E-state index contributed by atoms with van der Waals surface area (Å²) < 4.78 is 20.2. The van der Waals surface area contributed by atoms with Crippen LogP contribution in [0, 0.1) is 0 Å². The summed E-state index contributed by atoms with van der Waals surface area (Å²) in [5, 5.41) is 13.2. The number of unbranched alkanes of at least 4 members (excludes halogenated alkanes) is 5. The number of halogens is 1. The van der Waals surface area contributed by atoms with Crippen molar-refractivity contribution < 1.29 is 36.3 Å². The molecule has 0 amide bonds. The van der Waals surface area contributed by atoms with E-state index in [1.54, 1.807) is 7.11 Å². The van der Waals surface area contributed by atoms with Crippen molar-refractivity contribution in [3.63, 3.8) is 0 Å². The van der Waals surface area contributed by atoms with E-state index in [1.807, 2.05) is 18.2 Å². The number of aromatic nitrogens is 1. The van der Waals surface area contributed by atoms with Crippen LogP contribution in [0.15, 0.2) is 30.5 Å². The van der Waals surface area contributed by atoms with E-state index in [2.05, 4.69) is 37.6 Å². The Morgan fingerprint density at radius 3 is 2.32 bits per heavy atom. The Morgan fingerprint density at radius 1 is 0.842 bits per heavy atom. The van der Waals surface area contributed by atoms with Gasteiger partial charge in [0, 0.05) is 17.4 Å². The van der Waals surface area contributed by atoms with E-state index in [-0.39, 0.29) is 18.2 Å². The lowest BCUT2D eigenvalue weighted by atomic mass is 9.89. The molecule has 0 aliphatic carbocycles. The van der Waals surface area contributed by atoms with Crippen LogP contribution < -0.4 is 31.2 Å². The number of fused-ring (bicyclic) bond motifs is 4. The number of rotatable bonds is 14. The monoisotopic (exact) mass is 541 g/mol. The van der Waals surface area contributed by atoms with Crippen LogP contribution in [0.1, 0.15) is 83.3 Å². The van der Waals surface area contributed by atoms with Crippen LogP contribution >= 0.6 is 0 Å². The van der Waals surface area contributed by atoms with Crippen LogP contribution in [0.2, 0.25) is 0 Å². The SMILES string of the molecule is CCCCCCCCc1c2[n+](cc3c(OCCC)c(OC)ccc13)CCc1cc(OCCC)c(O)cc1-2.[Cl-]. The molecule has 0 unspecified atom stereocenters. The van der Waals surface area contributed by atoms with Gasteiger partial charge in [-0.25, -0.2) is 0 Å². The first kappa shape index (κ1) is 29.9. The predicted molar refractivity (Wildman–Crippen MR) is 150 cm³/mol. The number of phenols is 1. The summed E-state index contributed by atoms with van der Waals surface area (Å²) >= 11 is 0. The highest BCUT2D eigenvalue weighted by Crippen LogP contribution is 2.43. The Kier molecular flexibility index (Phi) is 11.4. The van der Waals surface area contributed by atoms with Crippen LogP contribution in [-0.2, 0) is 19.4 Å². The minimum absolute atomic E-state index is 0. The summed E-state index contributed by atoms with van der Waals surface area (Å²) in [6.07, 6.45) is 13.5. The molecule has 1 N–H and O–H groups in total. The summed E-state index contributed by atoms with van der Waals surface area (Å²) in [6.45, 7) is 8.60. The van der Waals surface area contributed by atoms with Gasteiger partial charge in [-0.15, -0.1) is 0 Å². The van der Waals surface area contributed by atoms with Crippen molar-refractivity contribution >= 4 is 10.8 Å². The number of hydrogen-bond donors (Lipinski definition) is 1. The molecular weight excluding hydrogens is 498 g/mol. The fourth-order valence-electron chi connectivity index (χ4n) is 5.44. The maximum atomic E-state index is 10.9. The van der Waals surface area contributed by atoms with Gasteiger partial charge in [0.1, 0.15) is 0 Å². The molecule has 38 heavy (non-hydrogen) atoms. The Morgan fingerprint density at radius 2 is 1.58 bits per heavy atom. The summed E-state index contributed by atoms with van der Waals surface area (Å²) in [5.74, 6) is 2.41. The molecule has 208 valence electrons. The van der Waals surface area contributed by atoms with Gasteiger partial charge in [-0.3, -0.25) is 0 Å². The number of aryl methyl sites for hydroxylation is 3. The van der Waals surface area contributed by atoms with E-state index >= 15 is 0 Å². The molecule has 0 fully saturated rings. The molecule has 0 spiro atoms. The lowest BCUT2D eigenvalue weighted by Gasteiger charge is -2.22. The third kappa shape index (κ3) is 6.48. The van der Waals surface area contributed by atoms with Gasteiger partial charge >= 0.3 is 0 Å². The van der Waals surface area contributed by atoms with Gasteiger partial charge in [-0.05, 0) is 55.5 Å². The van der Waals surface area contributed by atoms with Crippen molar-refractivity contribution in [2.45, 2.75) is 91.5 Å². The van der Waals surface area contributed by atoms with E-state index in [1.165, 1.54) is 54.3 Å². The van der Waals surface area contributed by atoms with Crippen LogP contribution in [-0.4, -0.2) is 25.4 Å². The lowest BCUT2D eigenvalue weighted by Crippen LogP contribution is -3.00. The summed E-state index contributed by atoms with van der Waals surface area (Å²) in [6, 6.07) is 8.19. The average molecular weight is 542 g/mol. The van der Waals surface area contributed by atoms with Gasteiger partial charge in [0.15, 0.2) is 35.7 Å². The van der Waals surface area contributed by atoms with Gasteiger partial charge in [0.2, 0.25) is 5.69 Å². The quantitative estimate of drug-likeness (QED) is 0.240. The first-order valence-electron chi connectivity index (χ1n) is 14.3. The summed E-state index contributed by atoms with van der Waals surface area (Å²) in [5.41, 5.74) is 4.90. The molecule has 2 heterocycles. The van der Waals surface area contributed by atoms with E-state index in [0.717, 1.165) is 61.1 Å². The molecule has 0 saturated carbocycles. The van der Waals surface area contributed by atoms with Crippen LogP contribution in [0.3, 0.4) is 0 Å². The maximum absolute atomic E-state index is 10.9. The van der Waals surface area contributed by atoms with Crippen molar-refractivity contribution in [3.8, 4) is 34.3 Å².